The third-order valence-electron chi connectivity index (χ3n) is 8.60. The van der Waals surface area contributed by atoms with E-state index in [9.17, 15) is 14.4 Å². The van der Waals surface area contributed by atoms with Crippen molar-refractivity contribution in [3.05, 3.63) is 23.8 Å². The monoisotopic (exact) mass is 660 g/mol. The Labute approximate surface area is 277 Å². The van der Waals surface area contributed by atoms with Gasteiger partial charge in [0.2, 0.25) is 5.91 Å². The summed E-state index contributed by atoms with van der Waals surface area (Å²) in [6.45, 7) is 18.3. The number of aromatic nitrogens is 6. The second kappa shape index (κ2) is 18.5. The lowest BCUT2D eigenvalue weighted by Crippen LogP contribution is -2.65. The molecule has 0 radical (unpaired) electrons. The van der Waals surface area contributed by atoms with Crippen molar-refractivity contribution in [1.29, 1.82) is 0 Å². The zero-order valence-electron chi connectivity index (χ0n) is 29.2. The molecule has 0 aliphatic carbocycles. The number of rotatable bonds is 24. The molecule has 258 valence electrons. The minimum atomic E-state index is -1.12. The fraction of sp³-hybridized carbons (Fsp3) is 0.750. The first-order chi connectivity index (χ1) is 21.7. The largest absolute Gasteiger partial charge is 0.369 e. The Kier molecular flexibility index (Phi) is 15.8. The predicted molar refractivity (Wildman–Crippen MR) is 184 cm³/mol. The van der Waals surface area contributed by atoms with Crippen LogP contribution in [0.1, 0.15) is 86.0 Å². The number of hydrogen-bond donors (Lipinski definition) is 3. The molecule has 0 aliphatic rings. The molecular weight excluding hydrogens is 603 g/mol. The first kappa shape index (κ1) is 39.3. The second-order valence-corrected chi connectivity index (χ2v) is 13.4. The molecule has 3 unspecified atom stereocenters. The van der Waals surface area contributed by atoms with Gasteiger partial charge in [0.25, 0.3) is 0 Å². The lowest BCUT2D eigenvalue weighted by molar-refractivity contribution is -0.136. The van der Waals surface area contributed by atoms with Gasteiger partial charge in [0.05, 0.1) is 41.6 Å². The Morgan fingerprint density at radius 2 is 1.67 bits per heavy atom. The van der Waals surface area contributed by atoms with E-state index in [0.29, 0.717) is 51.4 Å². The van der Waals surface area contributed by atoms with Crippen molar-refractivity contribution in [3.63, 3.8) is 0 Å². The van der Waals surface area contributed by atoms with Gasteiger partial charge >= 0.3 is 0 Å². The van der Waals surface area contributed by atoms with Gasteiger partial charge < -0.3 is 11.1 Å². The van der Waals surface area contributed by atoms with E-state index >= 15 is 0 Å². The van der Waals surface area contributed by atoms with Gasteiger partial charge in [0.15, 0.2) is 11.6 Å². The highest BCUT2D eigenvalue weighted by Gasteiger charge is 2.45. The molecule has 0 aromatic carbocycles. The number of nitrogens with one attached hydrogen (secondary N) is 2. The summed E-state index contributed by atoms with van der Waals surface area (Å²) in [5.74, 6) is 1.65. The van der Waals surface area contributed by atoms with Crippen LogP contribution in [0.3, 0.4) is 0 Å². The number of carbonyl (C=O) groups excluding carboxylic acids is 3. The zero-order valence-corrected chi connectivity index (χ0v) is 30.2. The van der Waals surface area contributed by atoms with E-state index in [1.807, 2.05) is 42.7 Å². The minimum Gasteiger partial charge on any atom is -0.369 e. The van der Waals surface area contributed by atoms with E-state index in [1.54, 1.807) is 24.3 Å². The summed E-state index contributed by atoms with van der Waals surface area (Å²) in [4.78, 5) is 41.7. The first-order valence-corrected chi connectivity index (χ1v) is 17.2. The van der Waals surface area contributed by atoms with Gasteiger partial charge in [0.1, 0.15) is 0 Å². The lowest BCUT2D eigenvalue weighted by atomic mass is 9.81. The Balaban J connectivity index is 2.04. The van der Waals surface area contributed by atoms with Crippen LogP contribution in [0, 0.1) is 11.8 Å². The summed E-state index contributed by atoms with van der Waals surface area (Å²) in [6.07, 6.45) is 7.20. The smallest absolute Gasteiger partial charge is 0.231 e. The number of Topliss-reactive ketones (excluding diaryl/α,β-unsaturated/α-hetero) is 2. The van der Waals surface area contributed by atoms with Gasteiger partial charge in [-0.05, 0) is 70.1 Å². The van der Waals surface area contributed by atoms with Crippen molar-refractivity contribution in [3.8, 4) is 0 Å². The quantitative estimate of drug-likeness (QED) is 0.142. The first-order valence-electron chi connectivity index (χ1n) is 16.6. The van der Waals surface area contributed by atoms with Crippen LogP contribution in [0.25, 0.3) is 0 Å². The maximum atomic E-state index is 14.2. The van der Waals surface area contributed by atoms with Gasteiger partial charge in [-0.1, -0.05) is 52.0 Å². The number of hydrogen-bond acceptors (Lipinski definition) is 10. The van der Waals surface area contributed by atoms with Crippen molar-refractivity contribution < 1.29 is 14.4 Å². The molecule has 46 heavy (non-hydrogen) atoms. The molecule has 2 heterocycles. The minimum absolute atomic E-state index is 0.0478. The topological polar surface area (TPSA) is 166 Å². The van der Waals surface area contributed by atoms with E-state index in [4.69, 9.17) is 5.73 Å². The number of ketones is 2. The molecule has 0 aliphatic heterocycles. The van der Waals surface area contributed by atoms with Crippen molar-refractivity contribution in [1.82, 2.24) is 45.5 Å². The van der Waals surface area contributed by atoms with Crippen molar-refractivity contribution in [2.45, 2.75) is 118 Å². The molecule has 0 saturated heterocycles. The van der Waals surface area contributed by atoms with Gasteiger partial charge in [-0.3, -0.25) is 34.0 Å². The molecule has 0 bridgehead atoms. The average Bonchev–Trinajstić information content (AvgIpc) is 3.65. The molecule has 4 N–H and O–H groups in total. The lowest BCUT2D eigenvalue weighted by Gasteiger charge is -2.44. The maximum Gasteiger partial charge on any atom is 0.231 e. The van der Waals surface area contributed by atoms with Crippen LogP contribution in [0.15, 0.2) is 12.4 Å². The molecule has 2 aromatic heterocycles. The van der Waals surface area contributed by atoms with Crippen molar-refractivity contribution >= 4 is 32.1 Å². The van der Waals surface area contributed by atoms with E-state index in [1.165, 1.54) is 0 Å². The Morgan fingerprint density at radius 1 is 1.04 bits per heavy atom. The molecule has 0 fully saturated rings. The van der Waals surface area contributed by atoms with Crippen LogP contribution < -0.4 is 16.4 Å². The van der Waals surface area contributed by atoms with Crippen LogP contribution in [0.2, 0.25) is 0 Å². The van der Waals surface area contributed by atoms with Gasteiger partial charge in [0, 0.05) is 32.0 Å². The molecular formula is C32H57N10O3P. The SMILES string of the molecule is CCc1cn(CCCN(CC(N)=O)C(CC)(CC)C(=O)C(C)NC(C)(C=P)C(=O)CNCC(C)Cn2cc(CC(C)C)nn2)nn1. The molecule has 13 nitrogen and oxygen atoms in total. The Morgan fingerprint density at radius 3 is 2.24 bits per heavy atom. The Bertz CT molecular complexity index is 1270. The fourth-order valence-electron chi connectivity index (χ4n) is 5.93. The van der Waals surface area contributed by atoms with E-state index in [-0.39, 0.29) is 30.6 Å². The summed E-state index contributed by atoms with van der Waals surface area (Å²) in [6, 6.07) is -0.689. The number of nitrogens with two attached hydrogens (primary N) is 1. The van der Waals surface area contributed by atoms with E-state index in [0.717, 1.165) is 24.2 Å². The number of primary amides is 1. The van der Waals surface area contributed by atoms with Crippen molar-refractivity contribution in [2.75, 3.05) is 26.2 Å². The summed E-state index contributed by atoms with van der Waals surface area (Å²) in [5.41, 5.74) is 5.49. The normalized spacial score (nSPS) is 14.7. The highest BCUT2D eigenvalue weighted by Crippen LogP contribution is 2.28. The number of amides is 1. The third-order valence-corrected chi connectivity index (χ3v) is 9.18. The van der Waals surface area contributed by atoms with Crippen molar-refractivity contribution in [2.24, 2.45) is 17.6 Å². The van der Waals surface area contributed by atoms with Crippen LogP contribution in [0.4, 0.5) is 0 Å². The van der Waals surface area contributed by atoms with Crippen LogP contribution in [0.5, 0.6) is 0 Å². The maximum absolute atomic E-state index is 14.2. The summed E-state index contributed by atoms with van der Waals surface area (Å²) >= 11 is 0. The molecule has 14 heteroatoms. The van der Waals surface area contributed by atoms with Crippen LogP contribution >= 0.6 is 8.86 Å². The van der Waals surface area contributed by atoms with Crippen LogP contribution in [-0.2, 0) is 40.3 Å². The second-order valence-electron chi connectivity index (χ2n) is 13.1. The standard InChI is InChI=1S/C32H57N10O3P/c1-9-26-19-41(38-36-26)14-12-13-40(21-29(33)44)32(10-2,11-3)30(45)25(7)35-31(8,22-46)28(43)17-34-16-24(6)18-42-20-27(37-39-42)15-23(4)5/h19-20,22-25,34-35,46H,9-18,21H2,1-8H3,(H2,33,44). The molecule has 2 rings (SSSR count). The fourth-order valence-corrected chi connectivity index (χ4v) is 6.17. The zero-order chi connectivity index (χ0) is 34.5. The van der Waals surface area contributed by atoms with Crippen LogP contribution in [-0.4, -0.2) is 101 Å². The molecule has 0 saturated carbocycles. The number of aryl methyl sites for hydroxylation is 2. The van der Waals surface area contributed by atoms with E-state index < -0.39 is 23.0 Å². The number of nitrogens with zero attached hydrogens (tertiary/aromatic N) is 7. The highest BCUT2D eigenvalue weighted by molar-refractivity contribution is 7.18. The Hall–Kier alpha value is -2.86. The van der Waals surface area contributed by atoms with E-state index in [2.05, 4.69) is 60.9 Å². The summed E-state index contributed by atoms with van der Waals surface area (Å²) < 4.78 is 3.63. The molecule has 1 amide bonds. The summed E-state index contributed by atoms with van der Waals surface area (Å²) in [5, 5.41) is 23.3. The predicted octanol–water partition coefficient (Wildman–Crippen LogP) is 2.11. The van der Waals surface area contributed by atoms with Gasteiger partial charge in [-0.25, -0.2) is 0 Å². The third kappa shape index (κ3) is 11.1. The van der Waals surface area contributed by atoms with Gasteiger partial charge in [-0.15, -0.1) is 19.1 Å². The molecule has 2 aromatic rings. The summed E-state index contributed by atoms with van der Waals surface area (Å²) in [7, 11) is 3.45. The van der Waals surface area contributed by atoms with Gasteiger partial charge in [-0.2, -0.15) is 0 Å². The highest BCUT2D eigenvalue weighted by atomic mass is 31.0. The average molecular weight is 661 g/mol. The molecule has 0 spiro atoms. The molecule has 3 atom stereocenters. The number of carbonyl (C=O) groups is 3.